The summed E-state index contributed by atoms with van der Waals surface area (Å²) in [5, 5.41) is 9.48. The number of nitrogens with zero attached hydrogens (tertiary/aromatic N) is 2. The third kappa shape index (κ3) is 2.60. The summed E-state index contributed by atoms with van der Waals surface area (Å²) in [5.41, 5.74) is 1.45. The summed E-state index contributed by atoms with van der Waals surface area (Å²) in [7, 11) is 0. The molecular weight excluding hydrogens is 249 g/mol. The van der Waals surface area contributed by atoms with Gasteiger partial charge in [0.15, 0.2) is 0 Å². The zero-order valence-corrected chi connectivity index (χ0v) is 10.7. The summed E-state index contributed by atoms with van der Waals surface area (Å²) in [6, 6.07) is 12.4. The van der Waals surface area contributed by atoms with Gasteiger partial charge in [-0.15, -0.1) is 35.7 Å². The summed E-state index contributed by atoms with van der Waals surface area (Å²) in [4.78, 5) is 4.10. The van der Waals surface area contributed by atoms with Crippen molar-refractivity contribution in [2.24, 2.45) is 0 Å². The fourth-order valence-corrected chi connectivity index (χ4v) is 1.06. The molecule has 2 nitrogen and oxygen atoms in total. The molecule has 3 heteroatoms. The molecule has 0 spiro atoms. The number of hydrogen-bond acceptors (Lipinski definition) is 2. The summed E-state index contributed by atoms with van der Waals surface area (Å²) >= 11 is 0. The van der Waals surface area contributed by atoms with Crippen LogP contribution in [0.3, 0.4) is 0 Å². The Kier molecular flexibility index (Phi) is 5.53. The van der Waals surface area contributed by atoms with E-state index in [9.17, 15) is 0 Å². The van der Waals surface area contributed by atoms with Gasteiger partial charge in [0.2, 0.25) is 0 Å². The Balaban J connectivity index is 0.000000845. The third-order valence-corrected chi connectivity index (χ3v) is 1.64. The second-order valence-corrected chi connectivity index (χ2v) is 2.44. The van der Waals surface area contributed by atoms with Gasteiger partial charge in [-0.3, -0.25) is 0 Å². The molecule has 1 radical (unpaired) electrons. The standard InChI is InChI=1S/C10H5N2.CH3.Y/c11-6-8-5-9-3-1-2-4-10(9)12-7-8;;/h1-2,4-5,7H;1H3;/q2*-1;. The predicted octanol–water partition coefficient (Wildman–Crippen LogP) is 2.35. The average Bonchev–Trinajstić information content (AvgIpc) is 2.17. The Morgan fingerprint density at radius 1 is 1.43 bits per heavy atom. The average molecular weight is 257 g/mol. The van der Waals surface area contributed by atoms with Crippen LogP contribution >= 0.6 is 0 Å². The Hall–Kier alpha value is -0.776. The van der Waals surface area contributed by atoms with Crippen molar-refractivity contribution in [1.29, 1.82) is 5.26 Å². The Bertz CT molecular complexity index is 460. The van der Waals surface area contributed by atoms with Gasteiger partial charge in [0.25, 0.3) is 0 Å². The smallest absolute Gasteiger partial charge is 0.0905 e. The molecule has 1 aromatic carbocycles. The van der Waals surface area contributed by atoms with Crippen LogP contribution in [0.25, 0.3) is 10.9 Å². The van der Waals surface area contributed by atoms with Crippen molar-refractivity contribution in [1.82, 2.24) is 4.98 Å². The minimum Gasteiger partial charge on any atom is -0.358 e. The van der Waals surface area contributed by atoms with Crippen LogP contribution in [0.2, 0.25) is 0 Å². The van der Waals surface area contributed by atoms with Gasteiger partial charge in [0.1, 0.15) is 0 Å². The molecule has 0 atom stereocenters. The maximum absolute atomic E-state index is 8.59. The van der Waals surface area contributed by atoms with Crippen molar-refractivity contribution in [2.45, 2.75) is 0 Å². The van der Waals surface area contributed by atoms with Crippen molar-refractivity contribution in [3.63, 3.8) is 0 Å². The van der Waals surface area contributed by atoms with Gasteiger partial charge in [0, 0.05) is 44.5 Å². The van der Waals surface area contributed by atoms with Gasteiger partial charge in [-0.1, -0.05) is 0 Å². The van der Waals surface area contributed by atoms with E-state index in [-0.39, 0.29) is 40.1 Å². The largest absolute Gasteiger partial charge is 0.358 e. The molecule has 0 fully saturated rings. The van der Waals surface area contributed by atoms with Gasteiger partial charge in [-0.25, -0.2) is 0 Å². The Morgan fingerprint density at radius 3 is 2.93 bits per heavy atom. The molecule has 0 N–H and O–H groups in total. The molecule has 0 aliphatic heterocycles. The SMILES string of the molecule is N#Cc1cnc2ccc[c-]c2c1.[CH3-].[Y]. The molecule has 1 aromatic heterocycles. The number of pyridine rings is 1. The first kappa shape index (κ1) is 13.2. The maximum Gasteiger partial charge on any atom is 0.0905 e. The molecule has 0 aliphatic rings. The summed E-state index contributed by atoms with van der Waals surface area (Å²) in [5.74, 6) is 0. The normalized spacial score (nSPS) is 8.21. The van der Waals surface area contributed by atoms with Crippen molar-refractivity contribution in [3.05, 3.63) is 49.5 Å². The van der Waals surface area contributed by atoms with Crippen molar-refractivity contribution in [3.8, 4) is 6.07 Å². The summed E-state index contributed by atoms with van der Waals surface area (Å²) in [6.07, 6.45) is 1.57. The van der Waals surface area contributed by atoms with E-state index in [1.165, 1.54) is 0 Å². The van der Waals surface area contributed by atoms with E-state index < -0.39 is 0 Å². The second kappa shape index (κ2) is 5.85. The first-order chi connectivity index (χ1) is 5.90. The minimum absolute atomic E-state index is 0. The zero-order valence-electron chi connectivity index (χ0n) is 7.86. The van der Waals surface area contributed by atoms with Gasteiger partial charge < -0.3 is 12.4 Å². The fraction of sp³-hybridized carbons (Fsp3) is 0. The van der Waals surface area contributed by atoms with Crippen LogP contribution in [0, 0.1) is 24.8 Å². The number of rotatable bonds is 0. The van der Waals surface area contributed by atoms with E-state index in [0.717, 1.165) is 10.9 Å². The van der Waals surface area contributed by atoms with Crippen LogP contribution in [0.1, 0.15) is 5.56 Å². The van der Waals surface area contributed by atoms with E-state index >= 15 is 0 Å². The van der Waals surface area contributed by atoms with E-state index in [1.807, 2.05) is 24.3 Å². The number of hydrogen-bond donors (Lipinski definition) is 0. The molecule has 2 aromatic rings. The van der Waals surface area contributed by atoms with Crippen LogP contribution in [-0.4, -0.2) is 4.98 Å². The van der Waals surface area contributed by atoms with Crippen LogP contribution in [0.5, 0.6) is 0 Å². The quantitative estimate of drug-likeness (QED) is 0.679. The topological polar surface area (TPSA) is 36.7 Å². The molecule has 0 amide bonds. The van der Waals surface area contributed by atoms with Gasteiger partial charge in [-0.2, -0.15) is 5.26 Å². The number of benzene rings is 1. The van der Waals surface area contributed by atoms with E-state index in [1.54, 1.807) is 12.3 Å². The number of fused-ring (bicyclic) bond motifs is 1. The molecule has 0 saturated heterocycles. The molecule has 0 unspecified atom stereocenters. The molecule has 2 rings (SSSR count). The van der Waals surface area contributed by atoms with E-state index in [4.69, 9.17) is 5.26 Å². The molecule has 0 saturated carbocycles. The first-order valence-electron chi connectivity index (χ1n) is 3.57. The third-order valence-electron chi connectivity index (χ3n) is 1.64. The van der Waals surface area contributed by atoms with Crippen LogP contribution in [0.4, 0.5) is 0 Å². The monoisotopic (exact) mass is 257 g/mol. The maximum atomic E-state index is 8.59. The molecule has 0 aliphatic carbocycles. The first-order valence-corrected chi connectivity index (χ1v) is 3.57. The van der Waals surface area contributed by atoms with E-state index in [0.29, 0.717) is 5.56 Å². The predicted molar refractivity (Wildman–Crippen MR) is 51.7 cm³/mol. The minimum atomic E-state index is 0. The fourth-order valence-electron chi connectivity index (χ4n) is 1.06. The van der Waals surface area contributed by atoms with Gasteiger partial charge >= 0.3 is 0 Å². The zero-order chi connectivity index (χ0) is 8.39. The summed E-state index contributed by atoms with van der Waals surface area (Å²) in [6.45, 7) is 0. The Morgan fingerprint density at radius 2 is 2.21 bits per heavy atom. The number of aromatic nitrogens is 1. The van der Waals surface area contributed by atoms with Crippen molar-refractivity contribution >= 4 is 10.9 Å². The molecule has 0 bridgehead atoms. The van der Waals surface area contributed by atoms with Crippen LogP contribution in [0.15, 0.2) is 30.5 Å². The molecule has 14 heavy (non-hydrogen) atoms. The van der Waals surface area contributed by atoms with Gasteiger partial charge in [-0.05, 0) is 5.52 Å². The molecular formula is C11H8N2Y-2. The molecule has 1 heterocycles. The van der Waals surface area contributed by atoms with Crippen molar-refractivity contribution < 1.29 is 32.7 Å². The van der Waals surface area contributed by atoms with Crippen molar-refractivity contribution in [2.75, 3.05) is 0 Å². The number of nitriles is 1. The van der Waals surface area contributed by atoms with Gasteiger partial charge in [0.05, 0.1) is 6.07 Å². The van der Waals surface area contributed by atoms with Crippen LogP contribution < -0.4 is 0 Å². The second-order valence-electron chi connectivity index (χ2n) is 2.44. The van der Waals surface area contributed by atoms with E-state index in [2.05, 4.69) is 11.1 Å². The summed E-state index contributed by atoms with van der Waals surface area (Å²) < 4.78 is 0. The molecule has 67 valence electrons. The Labute approximate surface area is 109 Å². The van der Waals surface area contributed by atoms with Crippen LogP contribution in [-0.2, 0) is 32.7 Å².